The zero-order valence-corrected chi connectivity index (χ0v) is 11.5. The zero-order chi connectivity index (χ0) is 13.4. The minimum absolute atomic E-state index is 0.133. The largest absolute Gasteiger partial charge is 0.453 e. The van der Waals surface area contributed by atoms with E-state index in [1.165, 1.54) is 20.0 Å². The van der Waals surface area contributed by atoms with E-state index in [0.717, 1.165) is 19.4 Å². The topological polar surface area (TPSA) is 61.8 Å². The molecule has 0 aromatic rings. The highest BCUT2D eigenvalue weighted by atomic mass is 16.5. The van der Waals surface area contributed by atoms with Crippen molar-refractivity contribution in [3.63, 3.8) is 0 Å². The predicted molar refractivity (Wildman–Crippen MR) is 70.5 cm³/mol. The summed E-state index contributed by atoms with van der Waals surface area (Å²) in [5.74, 6) is 0.536. The van der Waals surface area contributed by atoms with Gasteiger partial charge in [-0.2, -0.15) is 0 Å². The minimum Gasteiger partial charge on any atom is -0.453 e. The molecular weight excluding hydrogens is 232 g/mol. The fourth-order valence-corrected chi connectivity index (χ4v) is 2.60. The van der Waals surface area contributed by atoms with Crippen LogP contribution in [0.1, 0.15) is 32.6 Å². The van der Waals surface area contributed by atoms with E-state index in [9.17, 15) is 4.79 Å². The number of piperidine rings is 1. The van der Waals surface area contributed by atoms with E-state index in [1.54, 1.807) is 4.90 Å². The maximum absolute atomic E-state index is 11.6. The number of likely N-dealkylation sites (tertiary alicyclic amines) is 1. The molecule has 1 heterocycles. The van der Waals surface area contributed by atoms with Crippen molar-refractivity contribution in [3.05, 3.63) is 0 Å². The lowest BCUT2D eigenvalue weighted by molar-refractivity contribution is 0.0878. The molecule has 0 spiro atoms. The highest BCUT2D eigenvalue weighted by Crippen LogP contribution is 2.22. The number of aliphatic hydroxyl groups is 1. The molecular formula is C13H26N2O3. The summed E-state index contributed by atoms with van der Waals surface area (Å²) in [7, 11) is 1.42. The molecule has 1 aliphatic heterocycles. The Kier molecular flexibility index (Phi) is 7.05. The Hall–Kier alpha value is -0.810. The molecule has 0 saturated carbocycles. The molecule has 106 valence electrons. The number of methoxy groups -OCH3 is 1. The van der Waals surface area contributed by atoms with E-state index in [4.69, 9.17) is 9.84 Å². The van der Waals surface area contributed by atoms with Gasteiger partial charge in [-0.3, -0.25) is 0 Å². The number of ether oxygens (including phenoxy) is 1. The Morgan fingerprint density at radius 3 is 2.89 bits per heavy atom. The normalized spacial score (nSPS) is 24.1. The van der Waals surface area contributed by atoms with Crippen LogP contribution in [0.15, 0.2) is 0 Å². The van der Waals surface area contributed by atoms with Gasteiger partial charge in [-0.15, -0.1) is 0 Å². The molecule has 18 heavy (non-hydrogen) atoms. The number of carbonyl (C=O) groups excluding carboxylic acids is 1. The molecule has 0 aromatic heterocycles. The number of carbonyl (C=O) groups is 1. The van der Waals surface area contributed by atoms with Gasteiger partial charge in [-0.1, -0.05) is 19.8 Å². The van der Waals surface area contributed by atoms with Crippen LogP contribution >= 0.6 is 0 Å². The van der Waals surface area contributed by atoms with Gasteiger partial charge in [0.25, 0.3) is 0 Å². The quantitative estimate of drug-likeness (QED) is 0.752. The van der Waals surface area contributed by atoms with Gasteiger partial charge in [-0.05, 0) is 18.8 Å². The van der Waals surface area contributed by atoms with Crippen LogP contribution in [0.2, 0.25) is 0 Å². The van der Waals surface area contributed by atoms with Crippen molar-refractivity contribution in [2.75, 3.05) is 33.4 Å². The molecule has 0 radical (unpaired) electrons. The van der Waals surface area contributed by atoms with Crippen LogP contribution in [0.25, 0.3) is 0 Å². The summed E-state index contributed by atoms with van der Waals surface area (Å²) in [5.41, 5.74) is 0. The molecule has 5 heteroatoms. The van der Waals surface area contributed by atoms with Crippen LogP contribution in [0.3, 0.4) is 0 Å². The van der Waals surface area contributed by atoms with Gasteiger partial charge in [0.15, 0.2) is 0 Å². The molecule has 1 saturated heterocycles. The molecule has 5 nitrogen and oxygen atoms in total. The van der Waals surface area contributed by atoms with Crippen LogP contribution in [0.5, 0.6) is 0 Å². The van der Waals surface area contributed by atoms with Gasteiger partial charge in [-0.25, -0.2) is 4.79 Å². The molecule has 0 aromatic carbocycles. The summed E-state index contributed by atoms with van der Waals surface area (Å²) in [6, 6.07) is 0.270. The third kappa shape index (κ3) is 4.82. The second kappa shape index (κ2) is 8.32. The summed E-state index contributed by atoms with van der Waals surface area (Å²) >= 11 is 0. The average molecular weight is 258 g/mol. The minimum atomic E-state index is -0.244. The van der Waals surface area contributed by atoms with Crippen molar-refractivity contribution < 1.29 is 14.6 Å². The molecule has 1 fully saturated rings. The number of rotatable bonds is 6. The number of hydrogen-bond acceptors (Lipinski definition) is 4. The monoisotopic (exact) mass is 258 g/mol. The van der Waals surface area contributed by atoms with Crippen molar-refractivity contribution in [2.24, 2.45) is 5.92 Å². The van der Waals surface area contributed by atoms with Crippen LogP contribution in [0, 0.1) is 5.92 Å². The van der Waals surface area contributed by atoms with E-state index in [2.05, 4.69) is 12.2 Å². The van der Waals surface area contributed by atoms with Crippen molar-refractivity contribution in [1.29, 1.82) is 0 Å². The highest BCUT2D eigenvalue weighted by molar-refractivity contribution is 5.67. The predicted octanol–water partition coefficient (Wildman–Crippen LogP) is 1.22. The molecule has 2 atom stereocenters. The smallest absolute Gasteiger partial charge is 0.409 e. The Balaban J connectivity index is 2.51. The van der Waals surface area contributed by atoms with Crippen molar-refractivity contribution in [3.8, 4) is 0 Å². The maximum Gasteiger partial charge on any atom is 0.409 e. The third-order valence-electron chi connectivity index (χ3n) is 3.48. The number of unbranched alkanes of at least 4 members (excludes halogenated alkanes) is 1. The first-order chi connectivity index (χ1) is 8.71. The van der Waals surface area contributed by atoms with Crippen molar-refractivity contribution in [1.82, 2.24) is 10.2 Å². The van der Waals surface area contributed by atoms with Crippen molar-refractivity contribution >= 4 is 6.09 Å². The van der Waals surface area contributed by atoms with Gasteiger partial charge in [0.1, 0.15) is 0 Å². The van der Waals surface area contributed by atoms with Crippen LogP contribution in [-0.2, 0) is 4.74 Å². The van der Waals surface area contributed by atoms with E-state index in [1.807, 2.05) is 0 Å². The number of nitrogens with one attached hydrogen (secondary N) is 1. The number of hydrogen-bond donors (Lipinski definition) is 2. The molecule has 1 rings (SSSR count). The second-order valence-electron chi connectivity index (χ2n) is 4.99. The number of amides is 1. The van der Waals surface area contributed by atoms with Crippen LogP contribution in [0.4, 0.5) is 4.79 Å². The standard InChI is InChI=1S/C13H26N2O3/c1-3-4-5-11-8-12(14-6-7-16)10-15(9-11)13(17)18-2/h11-12,14,16H,3-10H2,1-2H3. The molecule has 2 N–H and O–H groups in total. The van der Waals surface area contributed by atoms with Crippen molar-refractivity contribution in [2.45, 2.75) is 38.6 Å². The SMILES string of the molecule is CCCCC1CC(NCCO)CN(C(=O)OC)C1. The van der Waals surface area contributed by atoms with Gasteiger partial charge in [0, 0.05) is 25.7 Å². The lowest BCUT2D eigenvalue weighted by Gasteiger charge is -2.37. The van der Waals surface area contributed by atoms with Crippen LogP contribution in [-0.4, -0.2) is 55.5 Å². The maximum atomic E-state index is 11.6. The Morgan fingerprint density at radius 2 is 2.28 bits per heavy atom. The van der Waals surface area contributed by atoms with Gasteiger partial charge < -0.3 is 20.1 Å². The molecule has 0 bridgehead atoms. The lowest BCUT2D eigenvalue weighted by Crippen LogP contribution is -2.51. The third-order valence-corrected chi connectivity index (χ3v) is 3.48. The summed E-state index contributed by atoms with van der Waals surface area (Å²) in [6.07, 6.45) is 4.37. The highest BCUT2D eigenvalue weighted by Gasteiger charge is 2.29. The molecule has 2 unspecified atom stereocenters. The average Bonchev–Trinajstić information content (AvgIpc) is 2.41. The van der Waals surface area contributed by atoms with Crippen LogP contribution < -0.4 is 5.32 Å². The molecule has 1 aliphatic rings. The number of nitrogens with zero attached hydrogens (tertiary/aromatic N) is 1. The summed E-state index contributed by atoms with van der Waals surface area (Å²) in [6.45, 7) is 4.37. The number of aliphatic hydroxyl groups excluding tert-OH is 1. The Bertz CT molecular complexity index is 232. The van der Waals surface area contributed by atoms with Gasteiger partial charge in [0.05, 0.1) is 13.7 Å². The van der Waals surface area contributed by atoms with Gasteiger partial charge >= 0.3 is 6.09 Å². The first-order valence-electron chi connectivity index (χ1n) is 6.88. The van der Waals surface area contributed by atoms with E-state index < -0.39 is 0 Å². The Morgan fingerprint density at radius 1 is 1.50 bits per heavy atom. The fraction of sp³-hybridized carbons (Fsp3) is 0.923. The summed E-state index contributed by atoms with van der Waals surface area (Å²) < 4.78 is 4.81. The first kappa shape index (κ1) is 15.2. The summed E-state index contributed by atoms with van der Waals surface area (Å²) in [5, 5.41) is 12.1. The van der Waals surface area contributed by atoms with E-state index in [-0.39, 0.29) is 18.7 Å². The van der Waals surface area contributed by atoms with E-state index in [0.29, 0.717) is 19.0 Å². The first-order valence-corrected chi connectivity index (χ1v) is 6.88. The molecule has 0 aliphatic carbocycles. The fourth-order valence-electron chi connectivity index (χ4n) is 2.60. The Labute approximate surface area is 109 Å². The second-order valence-corrected chi connectivity index (χ2v) is 4.99. The van der Waals surface area contributed by atoms with E-state index >= 15 is 0 Å². The zero-order valence-electron chi connectivity index (χ0n) is 11.5. The lowest BCUT2D eigenvalue weighted by atomic mass is 9.90. The molecule has 1 amide bonds. The van der Waals surface area contributed by atoms with Gasteiger partial charge in [0.2, 0.25) is 0 Å². The summed E-state index contributed by atoms with van der Waals surface area (Å²) in [4.78, 5) is 13.4.